The molecule has 1 aliphatic heterocycles. The van der Waals surface area contributed by atoms with Gasteiger partial charge in [0, 0.05) is 25.2 Å². The van der Waals surface area contributed by atoms with Crippen molar-refractivity contribution in [2.24, 2.45) is 5.73 Å². The van der Waals surface area contributed by atoms with E-state index in [0.29, 0.717) is 19.5 Å². The maximum atomic E-state index is 14.8. The Balaban J connectivity index is 1.97. The highest BCUT2D eigenvalue weighted by atomic mass is 19.2. The first-order valence-electron chi connectivity index (χ1n) is 8.22. The van der Waals surface area contributed by atoms with Crippen LogP contribution in [0.4, 0.5) is 19.4 Å². The van der Waals surface area contributed by atoms with Gasteiger partial charge in [-0.3, -0.25) is 4.79 Å². The molecule has 0 bridgehead atoms. The summed E-state index contributed by atoms with van der Waals surface area (Å²) < 4.78 is 35.3. The van der Waals surface area contributed by atoms with Gasteiger partial charge >= 0.3 is 6.16 Å². The molecule has 1 saturated heterocycles. The SMILES string of the molecule is NC1CCN(c2nc3c(c(F)c2F)c(=O)c(OC(=O)O)cn3C2CC2)C1. The lowest BCUT2D eigenvalue weighted by molar-refractivity contribution is 0.143. The number of ether oxygens (including phenoxy) is 1. The van der Waals surface area contributed by atoms with E-state index < -0.39 is 34.4 Å². The predicted molar refractivity (Wildman–Crippen MR) is 87.6 cm³/mol. The van der Waals surface area contributed by atoms with Gasteiger partial charge in [0.15, 0.2) is 17.4 Å². The molecule has 1 aliphatic carbocycles. The Hall–Kier alpha value is -2.75. The smallest absolute Gasteiger partial charge is 0.449 e. The lowest BCUT2D eigenvalue weighted by atomic mass is 10.2. The molecule has 138 valence electrons. The Bertz CT molecular complexity index is 973. The molecular weight excluding hydrogens is 350 g/mol. The maximum Gasteiger partial charge on any atom is 0.511 e. The normalized spacial score (nSPS) is 20.0. The van der Waals surface area contributed by atoms with Crippen molar-refractivity contribution in [2.45, 2.75) is 31.3 Å². The van der Waals surface area contributed by atoms with Crippen LogP contribution in [-0.4, -0.2) is 39.9 Å². The van der Waals surface area contributed by atoms with Crippen molar-refractivity contribution in [3.8, 4) is 5.75 Å². The van der Waals surface area contributed by atoms with Crippen molar-refractivity contribution in [2.75, 3.05) is 18.0 Å². The minimum atomic E-state index is -1.71. The average molecular weight is 366 g/mol. The number of carboxylic acid groups (broad SMARTS) is 1. The minimum absolute atomic E-state index is 0.0235. The zero-order valence-electron chi connectivity index (χ0n) is 13.6. The first-order chi connectivity index (χ1) is 12.4. The fraction of sp³-hybridized carbons (Fsp3) is 0.438. The molecule has 0 spiro atoms. The summed E-state index contributed by atoms with van der Waals surface area (Å²) >= 11 is 0. The Morgan fingerprint density at radius 2 is 2.04 bits per heavy atom. The monoisotopic (exact) mass is 366 g/mol. The van der Waals surface area contributed by atoms with Gasteiger partial charge in [0.2, 0.25) is 11.2 Å². The van der Waals surface area contributed by atoms with Gasteiger partial charge in [-0.1, -0.05) is 0 Å². The van der Waals surface area contributed by atoms with Gasteiger partial charge in [-0.25, -0.2) is 14.2 Å². The van der Waals surface area contributed by atoms with Crippen LogP contribution < -0.4 is 20.8 Å². The number of nitrogens with two attached hydrogens (primary N) is 1. The van der Waals surface area contributed by atoms with Crippen molar-refractivity contribution in [3.05, 3.63) is 28.1 Å². The molecule has 2 aliphatic rings. The van der Waals surface area contributed by atoms with Crippen molar-refractivity contribution >= 4 is 23.0 Å². The van der Waals surface area contributed by atoms with E-state index in [2.05, 4.69) is 9.72 Å². The molecule has 3 heterocycles. The molecule has 8 nitrogen and oxygen atoms in total. The van der Waals surface area contributed by atoms with Gasteiger partial charge in [-0.05, 0) is 19.3 Å². The van der Waals surface area contributed by atoms with E-state index in [0.717, 1.165) is 12.8 Å². The molecule has 26 heavy (non-hydrogen) atoms. The van der Waals surface area contributed by atoms with Gasteiger partial charge in [0.25, 0.3) is 0 Å². The number of anilines is 1. The molecule has 4 rings (SSSR count). The van der Waals surface area contributed by atoms with Gasteiger partial charge in [-0.15, -0.1) is 0 Å². The van der Waals surface area contributed by atoms with Crippen LogP contribution in [0.1, 0.15) is 25.3 Å². The van der Waals surface area contributed by atoms with Crippen LogP contribution >= 0.6 is 0 Å². The van der Waals surface area contributed by atoms with E-state index in [1.807, 2.05) is 0 Å². The summed E-state index contributed by atoms with van der Waals surface area (Å²) in [6.45, 7) is 0.770. The first-order valence-corrected chi connectivity index (χ1v) is 8.22. The third-order valence-corrected chi connectivity index (χ3v) is 4.66. The number of hydrogen-bond acceptors (Lipinski definition) is 6. The summed E-state index contributed by atoms with van der Waals surface area (Å²) in [7, 11) is 0. The van der Waals surface area contributed by atoms with Crippen molar-refractivity contribution in [1.82, 2.24) is 9.55 Å². The van der Waals surface area contributed by atoms with Crippen LogP contribution in [0.3, 0.4) is 0 Å². The van der Waals surface area contributed by atoms with Gasteiger partial charge < -0.3 is 25.0 Å². The molecule has 1 unspecified atom stereocenters. The van der Waals surface area contributed by atoms with E-state index in [9.17, 15) is 18.4 Å². The second-order valence-corrected chi connectivity index (χ2v) is 6.59. The molecule has 2 aromatic rings. The summed E-state index contributed by atoms with van der Waals surface area (Å²) in [5.74, 6) is -3.38. The Morgan fingerprint density at radius 3 is 2.62 bits per heavy atom. The number of carbonyl (C=O) groups is 1. The summed E-state index contributed by atoms with van der Waals surface area (Å²) in [5, 5.41) is 8.16. The van der Waals surface area contributed by atoms with E-state index in [4.69, 9.17) is 10.8 Å². The number of fused-ring (bicyclic) bond motifs is 1. The predicted octanol–water partition coefficient (Wildman–Crippen LogP) is 1.60. The highest BCUT2D eigenvalue weighted by molar-refractivity contribution is 5.80. The fourth-order valence-electron chi connectivity index (χ4n) is 3.26. The zero-order chi connectivity index (χ0) is 18.6. The number of rotatable bonds is 3. The van der Waals surface area contributed by atoms with Gasteiger partial charge in [0.1, 0.15) is 11.0 Å². The third-order valence-electron chi connectivity index (χ3n) is 4.66. The molecule has 0 amide bonds. The van der Waals surface area contributed by atoms with Crippen LogP contribution in [0.25, 0.3) is 11.0 Å². The Kier molecular flexibility index (Phi) is 3.79. The standard InChI is InChI=1S/C16H16F2N4O4/c17-11-10-13(23)9(26-16(24)25)6-22(8-1-2-8)14(10)20-15(12(11)18)21-4-3-7(19)5-21/h6-8H,1-5,19H2,(H,24,25). The van der Waals surface area contributed by atoms with E-state index in [1.165, 1.54) is 10.8 Å². The highest BCUT2D eigenvalue weighted by Gasteiger charge is 2.32. The molecule has 1 saturated carbocycles. The molecule has 2 aromatic heterocycles. The van der Waals surface area contributed by atoms with Crippen LogP contribution in [0.2, 0.25) is 0 Å². The summed E-state index contributed by atoms with van der Waals surface area (Å²) in [4.78, 5) is 29.0. The van der Waals surface area contributed by atoms with Crippen molar-refractivity contribution in [1.29, 1.82) is 0 Å². The molecule has 1 atom stereocenters. The highest BCUT2D eigenvalue weighted by Crippen LogP contribution is 2.38. The fourth-order valence-corrected chi connectivity index (χ4v) is 3.26. The first kappa shape index (κ1) is 16.7. The number of pyridine rings is 2. The summed E-state index contributed by atoms with van der Waals surface area (Å²) in [6, 6.07) is -0.229. The number of hydrogen-bond donors (Lipinski definition) is 2. The lowest BCUT2D eigenvalue weighted by Crippen LogP contribution is -2.28. The molecule has 0 aromatic carbocycles. The number of aromatic nitrogens is 2. The van der Waals surface area contributed by atoms with Crippen molar-refractivity contribution in [3.63, 3.8) is 0 Å². The molecule has 3 N–H and O–H groups in total. The molecule has 10 heteroatoms. The van der Waals surface area contributed by atoms with E-state index in [1.54, 1.807) is 4.90 Å². The maximum absolute atomic E-state index is 14.8. The number of halogens is 2. The van der Waals surface area contributed by atoms with Gasteiger partial charge in [0.05, 0.1) is 6.20 Å². The second kappa shape index (κ2) is 5.90. The van der Waals surface area contributed by atoms with Crippen molar-refractivity contribution < 1.29 is 23.4 Å². The minimum Gasteiger partial charge on any atom is -0.449 e. The van der Waals surface area contributed by atoms with Crippen LogP contribution in [0.5, 0.6) is 5.75 Å². The van der Waals surface area contributed by atoms with Crippen LogP contribution in [0.15, 0.2) is 11.0 Å². The largest absolute Gasteiger partial charge is 0.511 e. The molecule has 0 radical (unpaired) electrons. The average Bonchev–Trinajstić information content (AvgIpc) is 3.33. The number of nitrogens with zero attached hydrogens (tertiary/aromatic N) is 3. The quantitative estimate of drug-likeness (QED) is 0.794. The van der Waals surface area contributed by atoms with E-state index in [-0.39, 0.29) is 23.5 Å². The topological polar surface area (TPSA) is 111 Å². The van der Waals surface area contributed by atoms with E-state index >= 15 is 0 Å². The molecular formula is C16H16F2N4O4. The van der Waals surface area contributed by atoms with Crippen LogP contribution in [0, 0.1) is 11.6 Å². The molecule has 2 fully saturated rings. The van der Waals surface area contributed by atoms with Gasteiger partial charge in [-0.2, -0.15) is 4.39 Å². The zero-order valence-corrected chi connectivity index (χ0v) is 13.6. The second-order valence-electron chi connectivity index (χ2n) is 6.59. The lowest BCUT2D eigenvalue weighted by Gasteiger charge is -2.20. The third kappa shape index (κ3) is 2.66. The Labute approximate surface area is 145 Å². The van der Waals surface area contributed by atoms with Crippen LogP contribution in [-0.2, 0) is 0 Å². The summed E-state index contributed by atoms with van der Waals surface area (Å²) in [5.41, 5.74) is 4.76. The Morgan fingerprint density at radius 1 is 1.31 bits per heavy atom. The summed E-state index contributed by atoms with van der Waals surface area (Å²) in [6.07, 6.45) is 1.63.